The van der Waals surface area contributed by atoms with E-state index >= 15 is 0 Å². The van der Waals surface area contributed by atoms with Crippen LogP contribution in [0.2, 0.25) is 10.0 Å². The van der Waals surface area contributed by atoms with E-state index in [2.05, 4.69) is 0 Å². The lowest BCUT2D eigenvalue weighted by Gasteiger charge is -2.09. The fourth-order valence-electron chi connectivity index (χ4n) is 0.982. The Morgan fingerprint density at radius 2 is 1.93 bits per heavy atom. The van der Waals surface area contributed by atoms with Gasteiger partial charge >= 0.3 is 5.97 Å². The molecule has 3 N–H and O–H groups in total. The van der Waals surface area contributed by atoms with Gasteiger partial charge in [-0.15, -0.1) is 0 Å². The number of rotatable bonds is 4. The SMILES string of the molecule is NCCOc1c(Cl)cc(C(=O)O)cc1Cl. The van der Waals surface area contributed by atoms with Crippen molar-refractivity contribution in [3.05, 3.63) is 27.7 Å². The Morgan fingerprint density at radius 1 is 1.40 bits per heavy atom. The minimum absolute atomic E-state index is 0.0186. The summed E-state index contributed by atoms with van der Waals surface area (Å²) in [6.45, 7) is 0.596. The highest BCUT2D eigenvalue weighted by molar-refractivity contribution is 6.37. The number of carboxylic acids is 1. The van der Waals surface area contributed by atoms with Crippen molar-refractivity contribution in [3.8, 4) is 5.75 Å². The Balaban J connectivity index is 3.04. The highest BCUT2D eigenvalue weighted by Crippen LogP contribution is 2.34. The van der Waals surface area contributed by atoms with E-state index in [9.17, 15) is 4.79 Å². The third kappa shape index (κ3) is 2.99. The molecule has 82 valence electrons. The van der Waals surface area contributed by atoms with Gasteiger partial charge in [0.25, 0.3) is 0 Å². The zero-order valence-electron chi connectivity index (χ0n) is 7.67. The molecule has 1 aromatic rings. The molecule has 0 unspecified atom stereocenters. The average molecular weight is 250 g/mol. The molecule has 15 heavy (non-hydrogen) atoms. The van der Waals surface area contributed by atoms with Crippen LogP contribution in [0.25, 0.3) is 0 Å². The van der Waals surface area contributed by atoms with Gasteiger partial charge in [-0.3, -0.25) is 0 Å². The second-order valence-electron chi connectivity index (χ2n) is 2.71. The standard InChI is InChI=1S/C9H9Cl2NO3/c10-6-3-5(9(13)14)4-7(11)8(6)15-2-1-12/h3-4H,1-2,12H2,(H,13,14). The summed E-state index contributed by atoms with van der Waals surface area (Å²) in [5.41, 5.74) is 5.27. The number of hydrogen-bond donors (Lipinski definition) is 2. The Kier molecular flexibility index (Phi) is 4.20. The van der Waals surface area contributed by atoms with Crippen molar-refractivity contribution < 1.29 is 14.6 Å². The predicted molar refractivity (Wildman–Crippen MR) is 58.0 cm³/mol. The predicted octanol–water partition coefficient (Wildman–Crippen LogP) is 2.03. The molecular formula is C9H9Cl2NO3. The van der Waals surface area contributed by atoms with Crippen molar-refractivity contribution in [3.63, 3.8) is 0 Å². The largest absolute Gasteiger partial charge is 0.489 e. The van der Waals surface area contributed by atoms with E-state index in [4.69, 9.17) is 38.8 Å². The van der Waals surface area contributed by atoms with Gasteiger partial charge in [-0.05, 0) is 12.1 Å². The van der Waals surface area contributed by atoms with Gasteiger partial charge in [-0.2, -0.15) is 0 Å². The number of nitrogens with two attached hydrogens (primary N) is 1. The second-order valence-corrected chi connectivity index (χ2v) is 3.53. The fraction of sp³-hybridized carbons (Fsp3) is 0.222. The van der Waals surface area contributed by atoms with Crippen LogP contribution in [0.4, 0.5) is 0 Å². The first-order valence-corrected chi connectivity index (χ1v) is 4.87. The van der Waals surface area contributed by atoms with E-state index in [0.717, 1.165) is 0 Å². The summed E-state index contributed by atoms with van der Waals surface area (Å²) in [5, 5.41) is 9.04. The molecule has 0 radical (unpaired) electrons. The molecule has 4 nitrogen and oxygen atoms in total. The second kappa shape index (κ2) is 5.21. The average Bonchev–Trinajstić information content (AvgIpc) is 2.16. The molecule has 0 aliphatic heterocycles. The highest BCUT2D eigenvalue weighted by atomic mass is 35.5. The van der Waals surface area contributed by atoms with E-state index in [1.165, 1.54) is 12.1 Å². The van der Waals surface area contributed by atoms with Crippen molar-refractivity contribution in [2.45, 2.75) is 0 Å². The van der Waals surface area contributed by atoms with Gasteiger partial charge in [-0.1, -0.05) is 23.2 Å². The van der Waals surface area contributed by atoms with Gasteiger partial charge in [0.15, 0.2) is 5.75 Å². The number of carboxylic acid groups (broad SMARTS) is 1. The minimum Gasteiger partial charge on any atom is -0.489 e. The van der Waals surface area contributed by atoms with Crippen molar-refractivity contribution in [1.29, 1.82) is 0 Å². The van der Waals surface area contributed by atoms with Crippen LogP contribution in [0, 0.1) is 0 Å². The Hall–Kier alpha value is -0.970. The zero-order valence-corrected chi connectivity index (χ0v) is 9.18. The lowest BCUT2D eigenvalue weighted by atomic mass is 10.2. The quantitative estimate of drug-likeness (QED) is 0.857. The van der Waals surface area contributed by atoms with Crippen LogP contribution in [-0.2, 0) is 0 Å². The van der Waals surface area contributed by atoms with Crippen LogP contribution < -0.4 is 10.5 Å². The Morgan fingerprint density at radius 3 is 2.33 bits per heavy atom. The first-order chi connectivity index (χ1) is 7.06. The van der Waals surface area contributed by atoms with Crippen molar-refractivity contribution in [1.82, 2.24) is 0 Å². The molecule has 0 bridgehead atoms. The van der Waals surface area contributed by atoms with E-state index in [-0.39, 0.29) is 28.0 Å². The van der Waals surface area contributed by atoms with E-state index < -0.39 is 5.97 Å². The molecule has 0 fully saturated rings. The Labute approximate surface area is 96.5 Å². The summed E-state index contributed by atoms with van der Waals surface area (Å²) < 4.78 is 5.17. The molecule has 0 saturated carbocycles. The molecule has 0 aliphatic rings. The van der Waals surface area contributed by atoms with Gasteiger partial charge in [0.1, 0.15) is 6.61 Å². The maximum absolute atomic E-state index is 10.7. The molecule has 0 heterocycles. The normalized spacial score (nSPS) is 10.1. The lowest BCUT2D eigenvalue weighted by Crippen LogP contribution is -2.11. The zero-order chi connectivity index (χ0) is 11.4. The minimum atomic E-state index is -1.09. The molecule has 1 aromatic carbocycles. The van der Waals surface area contributed by atoms with E-state index in [1.54, 1.807) is 0 Å². The molecule has 0 saturated heterocycles. The summed E-state index contributed by atoms with van der Waals surface area (Å²) in [4.78, 5) is 10.7. The Bertz CT molecular complexity index is 359. The molecular weight excluding hydrogens is 241 g/mol. The number of aromatic carboxylic acids is 1. The van der Waals surface area contributed by atoms with Crippen LogP contribution in [0.3, 0.4) is 0 Å². The van der Waals surface area contributed by atoms with Crippen LogP contribution in [0.1, 0.15) is 10.4 Å². The highest BCUT2D eigenvalue weighted by Gasteiger charge is 2.12. The van der Waals surface area contributed by atoms with Crippen molar-refractivity contribution >= 4 is 29.2 Å². The number of ether oxygens (including phenoxy) is 1. The fourth-order valence-corrected chi connectivity index (χ4v) is 1.58. The maximum Gasteiger partial charge on any atom is 0.335 e. The lowest BCUT2D eigenvalue weighted by molar-refractivity contribution is 0.0697. The molecule has 0 atom stereocenters. The number of benzene rings is 1. The molecule has 0 spiro atoms. The van der Waals surface area contributed by atoms with Crippen molar-refractivity contribution in [2.24, 2.45) is 5.73 Å². The van der Waals surface area contributed by atoms with Gasteiger partial charge in [-0.25, -0.2) is 4.79 Å². The summed E-state index contributed by atoms with van der Waals surface area (Å²) in [6, 6.07) is 2.56. The van der Waals surface area contributed by atoms with Crippen LogP contribution in [-0.4, -0.2) is 24.2 Å². The van der Waals surface area contributed by atoms with Crippen LogP contribution >= 0.6 is 23.2 Å². The molecule has 0 amide bonds. The number of carbonyl (C=O) groups is 1. The molecule has 0 aromatic heterocycles. The number of halogens is 2. The summed E-state index contributed by atoms with van der Waals surface area (Å²) in [6.07, 6.45) is 0. The van der Waals surface area contributed by atoms with Gasteiger partial charge < -0.3 is 15.6 Å². The van der Waals surface area contributed by atoms with Gasteiger partial charge in [0, 0.05) is 6.54 Å². The summed E-state index contributed by atoms with van der Waals surface area (Å²) >= 11 is 11.6. The van der Waals surface area contributed by atoms with Crippen molar-refractivity contribution in [2.75, 3.05) is 13.2 Å². The van der Waals surface area contributed by atoms with E-state index in [1.807, 2.05) is 0 Å². The maximum atomic E-state index is 10.7. The number of hydrogen-bond acceptors (Lipinski definition) is 3. The van der Waals surface area contributed by atoms with Crippen LogP contribution in [0.15, 0.2) is 12.1 Å². The summed E-state index contributed by atoms with van der Waals surface area (Å²) in [7, 11) is 0. The smallest absolute Gasteiger partial charge is 0.335 e. The molecule has 0 aliphatic carbocycles. The van der Waals surface area contributed by atoms with Gasteiger partial charge in [0.2, 0.25) is 0 Å². The molecule has 6 heteroatoms. The third-order valence-corrected chi connectivity index (χ3v) is 2.17. The first-order valence-electron chi connectivity index (χ1n) is 4.11. The topological polar surface area (TPSA) is 72.5 Å². The monoisotopic (exact) mass is 249 g/mol. The van der Waals surface area contributed by atoms with Gasteiger partial charge in [0.05, 0.1) is 15.6 Å². The summed E-state index contributed by atoms with van der Waals surface area (Å²) in [5.74, 6) is -0.835. The molecule has 1 rings (SSSR count). The van der Waals surface area contributed by atoms with Crippen LogP contribution in [0.5, 0.6) is 5.75 Å². The van der Waals surface area contributed by atoms with E-state index in [0.29, 0.717) is 6.54 Å². The first kappa shape index (κ1) is 12.1. The third-order valence-electron chi connectivity index (χ3n) is 1.61.